The van der Waals surface area contributed by atoms with Gasteiger partial charge in [0.05, 0.1) is 12.7 Å². The van der Waals surface area contributed by atoms with Crippen LogP contribution in [0, 0.1) is 0 Å². The third kappa shape index (κ3) is 3.60. The smallest absolute Gasteiger partial charge is 0.337 e. The number of carbonyl (C=O) groups is 2. The first-order chi connectivity index (χ1) is 13.7. The highest BCUT2D eigenvalue weighted by atomic mass is 16.5. The van der Waals surface area contributed by atoms with E-state index in [4.69, 9.17) is 4.74 Å². The Morgan fingerprint density at radius 1 is 0.964 bits per heavy atom. The van der Waals surface area contributed by atoms with E-state index in [-0.39, 0.29) is 5.91 Å². The van der Waals surface area contributed by atoms with Gasteiger partial charge in [0.1, 0.15) is 0 Å². The number of benzene rings is 2. The predicted molar refractivity (Wildman–Crippen MR) is 107 cm³/mol. The fourth-order valence-corrected chi connectivity index (χ4v) is 3.75. The van der Waals surface area contributed by atoms with Gasteiger partial charge in [-0.25, -0.2) is 4.79 Å². The number of hydrogen-bond donors (Lipinski definition) is 0. The van der Waals surface area contributed by atoms with E-state index < -0.39 is 5.97 Å². The number of nitrogens with zero attached hydrogens (tertiary/aromatic N) is 2. The summed E-state index contributed by atoms with van der Waals surface area (Å²) in [5, 5.41) is 2.35. The van der Waals surface area contributed by atoms with Gasteiger partial charge in [0.15, 0.2) is 0 Å². The van der Waals surface area contributed by atoms with Gasteiger partial charge in [-0.05, 0) is 48.6 Å². The van der Waals surface area contributed by atoms with Crippen molar-refractivity contribution in [3.63, 3.8) is 0 Å². The minimum Gasteiger partial charge on any atom is -0.465 e. The molecule has 5 heteroatoms. The summed E-state index contributed by atoms with van der Waals surface area (Å²) in [7, 11) is 1.34. The van der Waals surface area contributed by atoms with Crippen molar-refractivity contribution in [3.8, 4) is 0 Å². The number of fused-ring (bicyclic) bond motifs is 1. The first-order valence-electron chi connectivity index (χ1n) is 9.48. The molecule has 2 aromatic carbocycles. The SMILES string of the molecule is COC(=O)c1ccc(C(=O)N2CCC(c3cc4ccccc4cn3)CC2)cc1. The third-order valence-electron chi connectivity index (χ3n) is 5.41. The summed E-state index contributed by atoms with van der Waals surface area (Å²) in [5.41, 5.74) is 2.14. The number of likely N-dealkylation sites (tertiary alicyclic amines) is 1. The fourth-order valence-electron chi connectivity index (χ4n) is 3.75. The van der Waals surface area contributed by atoms with E-state index in [1.807, 2.05) is 23.2 Å². The number of hydrogen-bond acceptors (Lipinski definition) is 4. The number of amides is 1. The molecule has 3 aromatic rings. The van der Waals surface area contributed by atoms with E-state index in [9.17, 15) is 9.59 Å². The molecule has 1 fully saturated rings. The predicted octanol–water partition coefficient (Wildman–Crippen LogP) is 4.04. The first kappa shape index (κ1) is 18.2. The van der Waals surface area contributed by atoms with Crippen LogP contribution in [-0.4, -0.2) is 42.0 Å². The Hall–Kier alpha value is -3.21. The zero-order valence-corrected chi connectivity index (χ0v) is 15.8. The lowest BCUT2D eigenvalue weighted by molar-refractivity contribution is 0.0599. The van der Waals surface area contributed by atoms with Crippen LogP contribution in [0.25, 0.3) is 10.8 Å². The molecule has 1 saturated heterocycles. The molecular weight excluding hydrogens is 352 g/mol. The lowest BCUT2D eigenvalue weighted by atomic mass is 9.92. The molecule has 1 amide bonds. The molecule has 142 valence electrons. The summed E-state index contributed by atoms with van der Waals surface area (Å²) in [5.74, 6) is -0.0283. The van der Waals surface area contributed by atoms with Crippen molar-refractivity contribution < 1.29 is 14.3 Å². The number of carbonyl (C=O) groups excluding carboxylic acids is 2. The summed E-state index contributed by atoms with van der Waals surface area (Å²) < 4.78 is 4.69. The highest BCUT2D eigenvalue weighted by molar-refractivity contribution is 5.96. The first-order valence-corrected chi connectivity index (χ1v) is 9.48. The quantitative estimate of drug-likeness (QED) is 0.649. The molecule has 0 saturated carbocycles. The molecule has 4 rings (SSSR count). The zero-order valence-electron chi connectivity index (χ0n) is 15.8. The molecule has 2 heterocycles. The van der Waals surface area contributed by atoms with Gasteiger partial charge in [0.2, 0.25) is 0 Å². The number of aromatic nitrogens is 1. The number of rotatable bonds is 3. The number of piperidine rings is 1. The maximum Gasteiger partial charge on any atom is 0.337 e. The van der Waals surface area contributed by atoms with E-state index in [1.54, 1.807) is 24.3 Å². The van der Waals surface area contributed by atoms with Gasteiger partial charge in [-0.3, -0.25) is 9.78 Å². The van der Waals surface area contributed by atoms with Crippen molar-refractivity contribution in [2.45, 2.75) is 18.8 Å². The third-order valence-corrected chi connectivity index (χ3v) is 5.41. The number of ether oxygens (including phenoxy) is 1. The van der Waals surface area contributed by atoms with E-state index in [2.05, 4.69) is 23.2 Å². The van der Waals surface area contributed by atoms with Crippen LogP contribution in [0.2, 0.25) is 0 Å². The van der Waals surface area contributed by atoms with E-state index in [1.165, 1.54) is 12.5 Å². The van der Waals surface area contributed by atoms with Gasteiger partial charge in [-0.1, -0.05) is 24.3 Å². The molecule has 28 heavy (non-hydrogen) atoms. The Bertz CT molecular complexity index is 1010. The molecule has 0 aliphatic carbocycles. The molecule has 5 nitrogen and oxygen atoms in total. The molecule has 1 aliphatic heterocycles. The summed E-state index contributed by atoms with van der Waals surface area (Å²) in [4.78, 5) is 30.8. The Kier molecular flexibility index (Phi) is 5.06. The maximum absolute atomic E-state index is 12.8. The minimum atomic E-state index is -0.400. The molecule has 1 aromatic heterocycles. The average molecular weight is 374 g/mol. The van der Waals surface area contributed by atoms with Crippen LogP contribution in [0.1, 0.15) is 45.2 Å². The van der Waals surface area contributed by atoms with Gasteiger partial charge in [0.25, 0.3) is 5.91 Å². The topological polar surface area (TPSA) is 59.5 Å². The molecule has 0 atom stereocenters. The molecule has 1 aliphatic rings. The normalized spacial score (nSPS) is 14.8. The van der Waals surface area contributed by atoms with E-state index in [0.717, 1.165) is 23.9 Å². The van der Waals surface area contributed by atoms with Crippen molar-refractivity contribution in [1.82, 2.24) is 9.88 Å². The van der Waals surface area contributed by atoms with Gasteiger partial charge >= 0.3 is 5.97 Å². The Morgan fingerprint density at radius 3 is 2.29 bits per heavy atom. The standard InChI is InChI=1S/C23H22N2O3/c1-28-23(27)18-8-6-17(7-9-18)22(26)25-12-10-16(11-13-25)21-14-19-4-2-3-5-20(19)15-24-21/h2-9,14-16H,10-13H2,1H3. The Labute approximate surface area is 163 Å². The largest absolute Gasteiger partial charge is 0.465 e. The number of pyridine rings is 1. The van der Waals surface area contributed by atoms with Crippen LogP contribution in [0.15, 0.2) is 60.8 Å². The Balaban J connectivity index is 1.41. The molecule has 0 radical (unpaired) electrons. The van der Waals surface area contributed by atoms with Crippen LogP contribution in [0.3, 0.4) is 0 Å². The highest BCUT2D eigenvalue weighted by Gasteiger charge is 2.25. The Morgan fingerprint density at radius 2 is 1.61 bits per heavy atom. The van der Waals surface area contributed by atoms with Gasteiger partial charge in [0, 0.05) is 41.8 Å². The maximum atomic E-state index is 12.8. The summed E-state index contributed by atoms with van der Waals surface area (Å²) in [6.45, 7) is 1.41. The van der Waals surface area contributed by atoms with E-state index in [0.29, 0.717) is 30.1 Å². The van der Waals surface area contributed by atoms with Crippen molar-refractivity contribution >= 4 is 22.6 Å². The van der Waals surface area contributed by atoms with E-state index >= 15 is 0 Å². The van der Waals surface area contributed by atoms with Crippen LogP contribution in [-0.2, 0) is 4.74 Å². The second-order valence-electron chi connectivity index (χ2n) is 7.09. The molecule has 0 N–H and O–H groups in total. The number of methoxy groups -OCH3 is 1. The second kappa shape index (κ2) is 7.80. The number of esters is 1. The monoisotopic (exact) mass is 374 g/mol. The van der Waals surface area contributed by atoms with Crippen molar-refractivity contribution in [3.05, 3.63) is 77.6 Å². The molecule has 0 bridgehead atoms. The van der Waals surface area contributed by atoms with Crippen LogP contribution in [0.4, 0.5) is 0 Å². The lowest BCUT2D eigenvalue weighted by Crippen LogP contribution is -2.38. The molecular formula is C23H22N2O3. The molecule has 0 spiro atoms. The average Bonchev–Trinajstić information content (AvgIpc) is 2.78. The highest BCUT2D eigenvalue weighted by Crippen LogP contribution is 2.29. The minimum absolute atomic E-state index is 0.00124. The van der Waals surface area contributed by atoms with Crippen LogP contribution in [0.5, 0.6) is 0 Å². The summed E-state index contributed by atoms with van der Waals surface area (Å²) in [6, 6.07) is 17.0. The van der Waals surface area contributed by atoms with Crippen molar-refractivity contribution in [1.29, 1.82) is 0 Å². The van der Waals surface area contributed by atoms with Crippen molar-refractivity contribution in [2.75, 3.05) is 20.2 Å². The van der Waals surface area contributed by atoms with Crippen molar-refractivity contribution in [2.24, 2.45) is 0 Å². The molecule has 0 unspecified atom stereocenters. The van der Waals surface area contributed by atoms with Crippen LogP contribution < -0.4 is 0 Å². The van der Waals surface area contributed by atoms with Gasteiger partial charge in [-0.15, -0.1) is 0 Å². The summed E-state index contributed by atoms with van der Waals surface area (Å²) in [6.07, 6.45) is 3.74. The second-order valence-corrected chi connectivity index (χ2v) is 7.09. The fraction of sp³-hybridized carbons (Fsp3) is 0.261. The van der Waals surface area contributed by atoms with Crippen LogP contribution >= 0.6 is 0 Å². The summed E-state index contributed by atoms with van der Waals surface area (Å²) >= 11 is 0. The lowest BCUT2D eigenvalue weighted by Gasteiger charge is -2.32. The van der Waals surface area contributed by atoms with Gasteiger partial charge < -0.3 is 9.64 Å². The van der Waals surface area contributed by atoms with Gasteiger partial charge in [-0.2, -0.15) is 0 Å². The zero-order chi connectivity index (χ0) is 19.5.